The van der Waals surface area contributed by atoms with Gasteiger partial charge < -0.3 is 0 Å². The number of hydrazone groups is 1. The van der Waals surface area contributed by atoms with Crippen molar-refractivity contribution < 1.29 is 0 Å². The van der Waals surface area contributed by atoms with Crippen LogP contribution in [0.2, 0.25) is 0 Å². The van der Waals surface area contributed by atoms with Crippen LogP contribution in [0.4, 0.5) is 5.69 Å². The van der Waals surface area contributed by atoms with Crippen molar-refractivity contribution in [3.8, 4) is 12.1 Å². The van der Waals surface area contributed by atoms with Gasteiger partial charge >= 0.3 is 0 Å². The van der Waals surface area contributed by atoms with Crippen LogP contribution in [0.25, 0.3) is 10.9 Å². The van der Waals surface area contributed by atoms with Gasteiger partial charge in [-0.3, -0.25) is 5.43 Å². The van der Waals surface area contributed by atoms with Gasteiger partial charge in [0.2, 0.25) is 5.71 Å². The Bertz CT molecular complexity index is 612. The molecule has 5 nitrogen and oxygen atoms in total. The standard InChI is InChI=1S/C10H5N5S/c11-4-9(5-12)14-13-8-2-1-7-6-16-15-10(7)3-8/h1-3,6,13H. The van der Waals surface area contributed by atoms with Gasteiger partial charge in [-0.15, -0.1) is 0 Å². The molecule has 0 aliphatic rings. The molecule has 0 saturated carbocycles. The van der Waals surface area contributed by atoms with Crippen molar-refractivity contribution in [2.75, 3.05) is 5.43 Å². The van der Waals surface area contributed by atoms with E-state index in [0.29, 0.717) is 5.69 Å². The zero-order chi connectivity index (χ0) is 11.4. The van der Waals surface area contributed by atoms with E-state index < -0.39 is 0 Å². The summed E-state index contributed by atoms with van der Waals surface area (Å²) in [6.45, 7) is 0. The van der Waals surface area contributed by atoms with E-state index in [9.17, 15) is 0 Å². The Labute approximate surface area is 95.4 Å². The molecular weight excluding hydrogens is 222 g/mol. The van der Waals surface area contributed by atoms with E-state index in [-0.39, 0.29) is 5.71 Å². The largest absolute Gasteiger partial charge is 0.276 e. The highest BCUT2D eigenvalue weighted by Crippen LogP contribution is 2.19. The third-order valence-electron chi connectivity index (χ3n) is 1.87. The fourth-order valence-corrected chi connectivity index (χ4v) is 1.76. The molecule has 1 aromatic heterocycles. The zero-order valence-corrected chi connectivity index (χ0v) is 8.82. The maximum Gasteiger partial charge on any atom is 0.237 e. The van der Waals surface area contributed by atoms with E-state index in [1.165, 1.54) is 11.5 Å². The molecule has 0 atom stereocenters. The number of fused-ring (bicyclic) bond motifs is 1. The molecular formula is C10H5N5S. The summed E-state index contributed by atoms with van der Waals surface area (Å²) in [6.07, 6.45) is 0. The lowest BCUT2D eigenvalue weighted by Crippen LogP contribution is -1.95. The molecule has 2 aromatic rings. The fourth-order valence-electron chi connectivity index (χ4n) is 1.13. The quantitative estimate of drug-likeness (QED) is 0.629. The van der Waals surface area contributed by atoms with Crippen LogP contribution < -0.4 is 5.43 Å². The van der Waals surface area contributed by atoms with Gasteiger partial charge in [0, 0.05) is 10.8 Å². The first-order valence-corrected chi connectivity index (χ1v) is 5.15. The predicted octanol–water partition coefficient (Wildman–Crippen LogP) is 2.11. The van der Waals surface area contributed by atoms with Crippen LogP contribution in [-0.2, 0) is 0 Å². The van der Waals surface area contributed by atoms with Gasteiger partial charge in [-0.25, -0.2) is 0 Å². The molecule has 0 unspecified atom stereocenters. The van der Waals surface area contributed by atoms with Gasteiger partial charge in [0.05, 0.1) is 11.2 Å². The summed E-state index contributed by atoms with van der Waals surface area (Å²) in [5.74, 6) is 0. The number of nitriles is 2. The van der Waals surface area contributed by atoms with Crippen LogP contribution in [0.5, 0.6) is 0 Å². The van der Waals surface area contributed by atoms with E-state index in [2.05, 4.69) is 14.9 Å². The maximum atomic E-state index is 8.49. The summed E-state index contributed by atoms with van der Waals surface area (Å²) in [4.78, 5) is 0. The molecule has 0 aliphatic carbocycles. The number of anilines is 1. The van der Waals surface area contributed by atoms with Gasteiger partial charge in [-0.05, 0) is 29.7 Å². The van der Waals surface area contributed by atoms with Crippen molar-refractivity contribution in [2.45, 2.75) is 0 Å². The Balaban J connectivity index is 2.26. The number of hydrogen-bond acceptors (Lipinski definition) is 6. The first-order valence-electron chi connectivity index (χ1n) is 4.31. The number of aromatic nitrogens is 1. The summed E-state index contributed by atoms with van der Waals surface area (Å²) >= 11 is 1.38. The van der Waals surface area contributed by atoms with Gasteiger partial charge in [0.25, 0.3) is 0 Å². The van der Waals surface area contributed by atoms with Gasteiger partial charge in [0.15, 0.2) is 0 Å². The first kappa shape index (κ1) is 10.1. The van der Waals surface area contributed by atoms with E-state index in [4.69, 9.17) is 10.5 Å². The summed E-state index contributed by atoms with van der Waals surface area (Å²) in [5, 5.41) is 23.6. The summed E-state index contributed by atoms with van der Waals surface area (Å²) < 4.78 is 4.17. The van der Waals surface area contributed by atoms with Crippen LogP contribution in [0.3, 0.4) is 0 Å². The number of rotatable bonds is 2. The van der Waals surface area contributed by atoms with Crippen LogP contribution in [0, 0.1) is 22.7 Å². The molecule has 0 fully saturated rings. The second kappa shape index (κ2) is 4.39. The predicted molar refractivity (Wildman–Crippen MR) is 61.9 cm³/mol. The van der Waals surface area contributed by atoms with Crippen LogP contribution in [0.15, 0.2) is 28.7 Å². The van der Waals surface area contributed by atoms with Crippen LogP contribution >= 0.6 is 11.5 Å². The van der Waals surface area contributed by atoms with E-state index in [1.54, 1.807) is 12.1 Å². The topological polar surface area (TPSA) is 84.9 Å². The summed E-state index contributed by atoms with van der Waals surface area (Å²) in [6, 6.07) is 8.85. The number of hydrogen-bond donors (Lipinski definition) is 1. The molecule has 1 aromatic carbocycles. The Morgan fingerprint density at radius 3 is 2.94 bits per heavy atom. The van der Waals surface area contributed by atoms with Crippen molar-refractivity contribution in [2.24, 2.45) is 5.10 Å². The minimum Gasteiger partial charge on any atom is -0.276 e. The Morgan fingerprint density at radius 1 is 1.38 bits per heavy atom. The summed E-state index contributed by atoms with van der Waals surface area (Å²) in [5.41, 5.74) is 3.98. The molecule has 1 N–H and O–H groups in total. The molecule has 1 heterocycles. The molecule has 2 rings (SSSR count). The average Bonchev–Trinajstić information content (AvgIpc) is 2.77. The van der Waals surface area contributed by atoms with Gasteiger partial charge in [0.1, 0.15) is 12.1 Å². The monoisotopic (exact) mass is 227 g/mol. The lowest BCUT2D eigenvalue weighted by molar-refractivity contribution is 1.34. The van der Waals surface area contributed by atoms with Gasteiger partial charge in [-0.1, -0.05) is 0 Å². The number of nitrogens with zero attached hydrogens (tertiary/aromatic N) is 4. The molecule has 0 bridgehead atoms. The second-order valence-corrected chi connectivity index (χ2v) is 3.51. The Hall–Kier alpha value is -2.44. The van der Waals surface area contributed by atoms with Crippen molar-refractivity contribution in [1.29, 1.82) is 10.5 Å². The lowest BCUT2D eigenvalue weighted by Gasteiger charge is -1.98. The SMILES string of the molecule is N#CC(C#N)=NNc1ccc2csnc2c1. The smallest absolute Gasteiger partial charge is 0.237 e. The van der Waals surface area contributed by atoms with Crippen LogP contribution in [-0.4, -0.2) is 10.1 Å². The molecule has 0 radical (unpaired) electrons. The highest BCUT2D eigenvalue weighted by atomic mass is 32.1. The molecule has 16 heavy (non-hydrogen) atoms. The second-order valence-electron chi connectivity index (χ2n) is 2.88. The minimum atomic E-state index is -0.210. The zero-order valence-electron chi connectivity index (χ0n) is 8.01. The van der Waals surface area contributed by atoms with Crippen molar-refractivity contribution in [1.82, 2.24) is 4.37 Å². The van der Waals surface area contributed by atoms with E-state index in [1.807, 2.05) is 23.6 Å². The minimum absolute atomic E-state index is 0.210. The molecule has 76 valence electrons. The van der Waals surface area contributed by atoms with Gasteiger partial charge in [-0.2, -0.15) is 20.0 Å². The lowest BCUT2D eigenvalue weighted by atomic mass is 10.2. The van der Waals surface area contributed by atoms with Crippen molar-refractivity contribution in [3.63, 3.8) is 0 Å². The van der Waals surface area contributed by atoms with Crippen molar-refractivity contribution >= 4 is 33.8 Å². The third-order valence-corrected chi connectivity index (χ3v) is 2.53. The molecule has 0 aliphatic heterocycles. The highest BCUT2D eigenvalue weighted by molar-refractivity contribution is 7.04. The third kappa shape index (κ3) is 1.97. The maximum absolute atomic E-state index is 8.49. The van der Waals surface area contributed by atoms with Crippen LogP contribution in [0.1, 0.15) is 0 Å². The van der Waals surface area contributed by atoms with E-state index in [0.717, 1.165) is 10.9 Å². The Morgan fingerprint density at radius 2 is 2.19 bits per heavy atom. The number of benzene rings is 1. The number of nitrogens with one attached hydrogen (secondary N) is 1. The highest BCUT2D eigenvalue weighted by Gasteiger charge is 1.98. The molecule has 6 heteroatoms. The van der Waals surface area contributed by atoms with Crippen molar-refractivity contribution in [3.05, 3.63) is 23.6 Å². The fraction of sp³-hybridized carbons (Fsp3) is 0. The molecule has 0 saturated heterocycles. The molecule has 0 spiro atoms. The average molecular weight is 227 g/mol. The summed E-state index contributed by atoms with van der Waals surface area (Å²) in [7, 11) is 0. The normalized spacial score (nSPS) is 9.12. The Kier molecular flexibility index (Phi) is 2.77. The first-order chi connectivity index (χ1) is 7.83. The van der Waals surface area contributed by atoms with E-state index >= 15 is 0 Å². The molecule has 0 amide bonds.